The normalized spacial score (nSPS) is 21.1. The third kappa shape index (κ3) is 5.95. The second-order valence-electron chi connectivity index (χ2n) is 7.70. The smallest absolute Gasteiger partial charge is 0.266 e. The van der Waals surface area contributed by atoms with E-state index < -0.39 is 9.84 Å². The molecule has 0 saturated carbocycles. The first-order chi connectivity index (χ1) is 14.8. The van der Waals surface area contributed by atoms with Gasteiger partial charge in [-0.1, -0.05) is 0 Å². The molecule has 1 unspecified atom stereocenters. The quantitative estimate of drug-likeness (QED) is 0.452. The van der Waals surface area contributed by atoms with Gasteiger partial charge in [-0.05, 0) is 30.7 Å². The summed E-state index contributed by atoms with van der Waals surface area (Å²) >= 11 is 0. The number of ether oxygens (including phenoxy) is 1. The van der Waals surface area contributed by atoms with Gasteiger partial charge in [0.1, 0.15) is 17.5 Å². The number of methoxy groups -OCH3 is 1. The number of rotatable bonds is 7. The predicted molar refractivity (Wildman–Crippen MR) is 115 cm³/mol. The fourth-order valence-corrected chi connectivity index (χ4v) is 5.62. The molecule has 8 nitrogen and oxygen atoms in total. The third-order valence-electron chi connectivity index (χ3n) is 5.64. The van der Waals surface area contributed by atoms with Crippen molar-refractivity contribution in [3.63, 3.8) is 0 Å². The van der Waals surface area contributed by atoms with Crippen LogP contribution in [-0.4, -0.2) is 88.1 Å². The molecule has 0 radical (unpaired) electrons. The number of amides is 1. The molecule has 0 spiro atoms. The molecule has 31 heavy (non-hydrogen) atoms. The van der Waals surface area contributed by atoms with Crippen LogP contribution in [0.5, 0.6) is 0 Å². The largest absolute Gasteiger partial charge is 0.383 e. The van der Waals surface area contributed by atoms with Gasteiger partial charge in [-0.2, -0.15) is 5.26 Å². The van der Waals surface area contributed by atoms with E-state index in [0.717, 1.165) is 5.69 Å². The Morgan fingerprint density at radius 2 is 1.97 bits per heavy atom. The lowest BCUT2D eigenvalue weighted by atomic mass is 10.2. The summed E-state index contributed by atoms with van der Waals surface area (Å²) in [5, 5.41) is 9.61. The van der Waals surface area contributed by atoms with Crippen LogP contribution < -0.4 is 4.90 Å². The molecule has 3 rings (SSSR count). The highest BCUT2D eigenvalue weighted by Crippen LogP contribution is 2.21. The molecule has 2 heterocycles. The minimum Gasteiger partial charge on any atom is -0.383 e. The standard InChI is InChI=1S/C21H27FN4O4S/c1-30-12-11-26(20-6-13-31(28,29)16-20)15-17(14-23)21(27)25-9-7-24(8-10-25)19-4-2-18(22)3-5-19/h2-5,15,20H,6-13,16H2,1H3/b17-15-. The highest BCUT2D eigenvalue weighted by molar-refractivity contribution is 7.91. The molecular formula is C21H27FN4O4S. The van der Waals surface area contributed by atoms with Crippen LogP contribution in [0.25, 0.3) is 0 Å². The van der Waals surface area contributed by atoms with Gasteiger partial charge in [-0.15, -0.1) is 0 Å². The second kappa shape index (κ2) is 10.1. The first kappa shape index (κ1) is 23.0. The monoisotopic (exact) mass is 450 g/mol. The fourth-order valence-electron chi connectivity index (χ4n) is 3.87. The number of piperazine rings is 1. The van der Waals surface area contributed by atoms with Crippen molar-refractivity contribution in [2.75, 3.05) is 62.8 Å². The molecule has 1 atom stereocenters. The number of anilines is 1. The molecule has 0 aliphatic carbocycles. The van der Waals surface area contributed by atoms with Gasteiger partial charge >= 0.3 is 0 Å². The SMILES string of the molecule is COCCN(/C=C(/C#N)C(=O)N1CCN(c2ccc(F)cc2)CC1)C1CCS(=O)(=O)C1. The Morgan fingerprint density at radius 1 is 1.29 bits per heavy atom. The zero-order valence-corrected chi connectivity index (χ0v) is 18.4. The van der Waals surface area contributed by atoms with Gasteiger partial charge in [0.05, 0.1) is 18.1 Å². The van der Waals surface area contributed by atoms with Crippen molar-refractivity contribution in [2.24, 2.45) is 0 Å². The van der Waals surface area contributed by atoms with Crippen LogP contribution in [-0.2, 0) is 19.4 Å². The number of halogens is 1. The molecule has 0 bridgehead atoms. The first-order valence-electron chi connectivity index (χ1n) is 10.2. The van der Waals surface area contributed by atoms with Crippen LogP contribution >= 0.6 is 0 Å². The Labute approximate surface area is 182 Å². The molecule has 0 aromatic heterocycles. The average Bonchev–Trinajstić information content (AvgIpc) is 3.14. The molecule has 10 heteroatoms. The van der Waals surface area contributed by atoms with Gasteiger partial charge in [-0.25, -0.2) is 12.8 Å². The van der Waals surface area contributed by atoms with Crippen LogP contribution in [0.15, 0.2) is 36.0 Å². The molecule has 2 aliphatic heterocycles. The molecule has 2 aliphatic rings. The van der Waals surface area contributed by atoms with Crippen LogP contribution in [0.4, 0.5) is 10.1 Å². The summed E-state index contributed by atoms with van der Waals surface area (Å²) in [6.45, 7) is 2.77. The highest BCUT2D eigenvalue weighted by atomic mass is 32.2. The van der Waals surface area contributed by atoms with Gasteiger partial charge in [0, 0.05) is 57.8 Å². The van der Waals surface area contributed by atoms with E-state index in [1.165, 1.54) is 18.3 Å². The van der Waals surface area contributed by atoms with Gasteiger partial charge in [-0.3, -0.25) is 4.79 Å². The van der Waals surface area contributed by atoms with Gasteiger partial charge in [0.15, 0.2) is 9.84 Å². The van der Waals surface area contributed by atoms with Crippen LogP contribution in [0.1, 0.15) is 6.42 Å². The molecular weight excluding hydrogens is 423 g/mol. The van der Waals surface area contributed by atoms with Gasteiger partial charge in [0.25, 0.3) is 5.91 Å². The van der Waals surface area contributed by atoms with Gasteiger partial charge in [0.2, 0.25) is 0 Å². The predicted octanol–water partition coefficient (Wildman–Crippen LogP) is 1.02. The van der Waals surface area contributed by atoms with E-state index in [-0.39, 0.29) is 34.8 Å². The average molecular weight is 451 g/mol. The number of nitriles is 1. The number of hydrogen-bond donors (Lipinski definition) is 0. The Balaban J connectivity index is 1.67. The van der Waals surface area contributed by atoms with Crippen molar-refractivity contribution in [3.05, 3.63) is 41.9 Å². The lowest BCUT2D eigenvalue weighted by Gasteiger charge is -2.36. The molecule has 1 aromatic rings. The number of nitrogens with zero attached hydrogens (tertiary/aromatic N) is 4. The summed E-state index contributed by atoms with van der Waals surface area (Å²) in [5.41, 5.74) is 0.869. The molecule has 168 valence electrons. The van der Waals surface area contributed by atoms with E-state index in [9.17, 15) is 22.9 Å². The minimum atomic E-state index is -3.10. The van der Waals surface area contributed by atoms with Crippen LogP contribution in [0.2, 0.25) is 0 Å². The molecule has 2 saturated heterocycles. The van der Waals surface area contributed by atoms with Crippen molar-refractivity contribution >= 4 is 21.4 Å². The summed E-state index contributed by atoms with van der Waals surface area (Å²) in [6, 6.07) is 7.93. The topological polar surface area (TPSA) is 93.9 Å². The summed E-state index contributed by atoms with van der Waals surface area (Å²) in [5.74, 6) is -0.550. The lowest BCUT2D eigenvalue weighted by molar-refractivity contribution is -0.127. The Kier molecular flexibility index (Phi) is 7.51. The molecule has 2 fully saturated rings. The zero-order chi connectivity index (χ0) is 22.4. The maximum atomic E-state index is 13.1. The van der Waals surface area contributed by atoms with Gasteiger partial charge < -0.3 is 19.4 Å². The Morgan fingerprint density at radius 3 is 2.52 bits per heavy atom. The number of carbonyl (C=O) groups excluding carboxylic acids is 1. The van der Waals surface area contributed by atoms with E-state index in [0.29, 0.717) is 45.8 Å². The van der Waals surface area contributed by atoms with Crippen LogP contribution in [0.3, 0.4) is 0 Å². The van der Waals surface area contributed by atoms with E-state index in [1.807, 2.05) is 6.07 Å². The first-order valence-corrected chi connectivity index (χ1v) is 12.0. The van der Waals surface area contributed by atoms with Crippen molar-refractivity contribution in [3.8, 4) is 6.07 Å². The highest BCUT2D eigenvalue weighted by Gasteiger charge is 2.32. The Bertz CT molecular complexity index is 951. The van der Waals surface area contributed by atoms with E-state index in [2.05, 4.69) is 4.90 Å². The van der Waals surface area contributed by atoms with Crippen molar-refractivity contribution in [2.45, 2.75) is 12.5 Å². The maximum Gasteiger partial charge on any atom is 0.266 e. The Hall–Kier alpha value is -2.64. The van der Waals surface area contributed by atoms with Crippen molar-refractivity contribution in [1.82, 2.24) is 9.80 Å². The number of hydrogen-bond acceptors (Lipinski definition) is 7. The summed E-state index contributed by atoms with van der Waals surface area (Å²) in [4.78, 5) is 18.4. The summed E-state index contributed by atoms with van der Waals surface area (Å²) in [6.07, 6.45) is 1.95. The molecule has 1 amide bonds. The third-order valence-corrected chi connectivity index (χ3v) is 7.39. The van der Waals surface area contributed by atoms with Crippen molar-refractivity contribution in [1.29, 1.82) is 5.26 Å². The molecule has 0 N–H and O–H groups in total. The van der Waals surface area contributed by atoms with E-state index in [4.69, 9.17) is 4.74 Å². The lowest BCUT2D eigenvalue weighted by Crippen LogP contribution is -2.49. The number of carbonyl (C=O) groups is 1. The van der Waals surface area contributed by atoms with Crippen LogP contribution in [0, 0.1) is 17.1 Å². The number of sulfone groups is 1. The second-order valence-corrected chi connectivity index (χ2v) is 9.93. The summed E-state index contributed by atoms with van der Waals surface area (Å²) in [7, 11) is -1.56. The van der Waals surface area contributed by atoms with E-state index in [1.54, 1.807) is 29.0 Å². The zero-order valence-electron chi connectivity index (χ0n) is 17.5. The number of benzene rings is 1. The fraction of sp³-hybridized carbons (Fsp3) is 0.524. The maximum absolute atomic E-state index is 13.1. The summed E-state index contributed by atoms with van der Waals surface area (Å²) < 4.78 is 42.0. The van der Waals surface area contributed by atoms with Crippen molar-refractivity contribution < 1.29 is 22.3 Å². The minimum absolute atomic E-state index is 0.0104. The molecule has 1 aromatic carbocycles. The van der Waals surface area contributed by atoms with E-state index >= 15 is 0 Å².